The zero-order valence-corrected chi connectivity index (χ0v) is 12.0. The van der Waals surface area contributed by atoms with E-state index in [9.17, 15) is 4.79 Å². The Labute approximate surface area is 110 Å². The minimum Gasteiger partial charge on any atom is -0.352 e. The zero-order valence-electron chi connectivity index (χ0n) is 12.0. The first-order valence-corrected chi connectivity index (χ1v) is 6.41. The third-order valence-electron chi connectivity index (χ3n) is 3.36. The third kappa shape index (κ3) is 3.84. The van der Waals surface area contributed by atoms with Crippen molar-refractivity contribution in [3.8, 4) is 0 Å². The van der Waals surface area contributed by atoms with Gasteiger partial charge in [0, 0.05) is 6.04 Å². The first-order valence-electron chi connectivity index (χ1n) is 6.41. The molecule has 0 spiro atoms. The number of aryl methyl sites for hydroxylation is 1. The van der Waals surface area contributed by atoms with Crippen molar-refractivity contribution in [2.45, 2.75) is 45.7 Å². The van der Waals surface area contributed by atoms with Crippen LogP contribution in [-0.4, -0.2) is 24.5 Å². The van der Waals surface area contributed by atoms with E-state index in [4.69, 9.17) is 0 Å². The molecule has 0 heterocycles. The molecule has 0 aliphatic heterocycles. The second kappa shape index (κ2) is 6.01. The molecule has 1 atom stereocenters. The Morgan fingerprint density at radius 1 is 1.33 bits per heavy atom. The zero-order chi connectivity index (χ0) is 13.8. The number of carbonyl (C=O) groups is 1. The lowest BCUT2D eigenvalue weighted by Crippen LogP contribution is -2.53. The van der Waals surface area contributed by atoms with Gasteiger partial charge in [-0.3, -0.25) is 4.79 Å². The molecule has 1 amide bonds. The van der Waals surface area contributed by atoms with E-state index < -0.39 is 5.54 Å². The van der Waals surface area contributed by atoms with Crippen LogP contribution >= 0.6 is 0 Å². The number of nitrogens with one attached hydrogen (secondary N) is 2. The van der Waals surface area contributed by atoms with E-state index in [-0.39, 0.29) is 11.9 Å². The van der Waals surface area contributed by atoms with Crippen LogP contribution in [0.25, 0.3) is 0 Å². The van der Waals surface area contributed by atoms with Gasteiger partial charge in [-0.05, 0) is 52.3 Å². The highest BCUT2D eigenvalue weighted by Crippen LogP contribution is 2.10. The molecular formula is C15H24N2O. The van der Waals surface area contributed by atoms with Gasteiger partial charge in [-0.2, -0.15) is 0 Å². The van der Waals surface area contributed by atoms with Crippen molar-refractivity contribution in [3.63, 3.8) is 0 Å². The predicted octanol–water partition coefficient (Wildman–Crippen LogP) is 2.04. The lowest BCUT2D eigenvalue weighted by molar-refractivity contribution is -0.126. The highest BCUT2D eigenvalue weighted by molar-refractivity contribution is 5.85. The van der Waals surface area contributed by atoms with Gasteiger partial charge in [-0.15, -0.1) is 0 Å². The highest BCUT2D eigenvalue weighted by atomic mass is 16.2. The number of carbonyl (C=O) groups excluding carboxylic acids is 1. The van der Waals surface area contributed by atoms with Gasteiger partial charge in [0.25, 0.3) is 0 Å². The van der Waals surface area contributed by atoms with Crippen LogP contribution in [0.15, 0.2) is 24.3 Å². The fourth-order valence-electron chi connectivity index (χ4n) is 1.74. The second-order valence-corrected chi connectivity index (χ2v) is 5.38. The van der Waals surface area contributed by atoms with Crippen molar-refractivity contribution in [1.82, 2.24) is 10.6 Å². The molecule has 1 rings (SSSR count). The van der Waals surface area contributed by atoms with Gasteiger partial charge < -0.3 is 10.6 Å². The van der Waals surface area contributed by atoms with Crippen LogP contribution in [0.1, 0.15) is 31.9 Å². The van der Waals surface area contributed by atoms with Gasteiger partial charge >= 0.3 is 0 Å². The molecule has 1 aromatic rings. The van der Waals surface area contributed by atoms with Gasteiger partial charge in [0.1, 0.15) is 0 Å². The lowest BCUT2D eigenvalue weighted by atomic mass is 10.00. The van der Waals surface area contributed by atoms with Crippen molar-refractivity contribution in [3.05, 3.63) is 35.4 Å². The average Bonchev–Trinajstić information content (AvgIpc) is 2.32. The van der Waals surface area contributed by atoms with E-state index >= 15 is 0 Å². The van der Waals surface area contributed by atoms with Crippen molar-refractivity contribution in [1.29, 1.82) is 0 Å². The Morgan fingerprint density at radius 3 is 2.50 bits per heavy atom. The maximum atomic E-state index is 12.0. The smallest absolute Gasteiger partial charge is 0.239 e. The van der Waals surface area contributed by atoms with Gasteiger partial charge in [0.2, 0.25) is 5.91 Å². The molecule has 3 nitrogen and oxygen atoms in total. The second-order valence-electron chi connectivity index (χ2n) is 5.38. The third-order valence-corrected chi connectivity index (χ3v) is 3.36. The van der Waals surface area contributed by atoms with Gasteiger partial charge in [-0.25, -0.2) is 0 Å². The molecule has 0 bridgehead atoms. The number of benzene rings is 1. The highest BCUT2D eigenvalue weighted by Gasteiger charge is 2.26. The molecule has 100 valence electrons. The Balaban J connectivity index is 2.60. The summed E-state index contributed by atoms with van der Waals surface area (Å²) in [5, 5.41) is 6.05. The molecule has 18 heavy (non-hydrogen) atoms. The Morgan fingerprint density at radius 2 is 1.94 bits per heavy atom. The molecule has 0 saturated heterocycles. The molecule has 0 fully saturated rings. The minimum atomic E-state index is -0.528. The minimum absolute atomic E-state index is 0.0334. The normalized spacial score (nSPS) is 13.2. The number of hydrogen-bond donors (Lipinski definition) is 2. The summed E-state index contributed by atoms with van der Waals surface area (Å²) >= 11 is 0. The standard InChI is InChI=1S/C15H24N2O/c1-11-8-6-7-9-13(11)10-12(2)17-14(18)15(3,4)16-5/h6-9,12,16H,10H2,1-5H3,(H,17,18). The van der Waals surface area contributed by atoms with Gasteiger partial charge in [0.05, 0.1) is 5.54 Å². The van der Waals surface area contributed by atoms with Crippen LogP contribution in [0.4, 0.5) is 0 Å². The molecule has 0 aliphatic carbocycles. The fraction of sp³-hybridized carbons (Fsp3) is 0.533. The quantitative estimate of drug-likeness (QED) is 0.837. The lowest BCUT2D eigenvalue weighted by Gasteiger charge is -2.25. The van der Waals surface area contributed by atoms with E-state index in [0.29, 0.717) is 0 Å². The van der Waals surface area contributed by atoms with E-state index in [1.54, 1.807) is 7.05 Å². The molecule has 1 aromatic carbocycles. The molecule has 2 N–H and O–H groups in total. The number of amides is 1. The summed E-state index contributed by atoms with van der Waals surface area (Å²) in [5.41, 5.74) is 2.03. The van der Waals surface area contributed by atoms with Crippen LogP contribution in [0.2, 0.25) is 0 Å². The van der Waals surface area contributed by atoms with Crippen LogP contribution < -0.4 is 10.6 Å². The summed E-state index contributed by atoms with van der Waals surface area (Å²) in [6, 6.07) is 8.41. The van der Waals surface area contributed by atoms with Crippen LogP contribution in [-0.2, 0) is 11.2 Å². The SMILES string of the molecule is CNC(C)(C)C(=O)NC(C)Cc1ccccc1C. The molecule has 0 aliphatic rings. The molecular weight excluding hydrogens is 224 g/mol. The fourth-order valence-corrected chi connectivity index (χ4v) is 1.74. The van der Waals surface area contributed by atoms with Crippen molar-refractivity contribution in [2.75, 3.05) is 7.05 Å². The molecule has 3 heteroatoms. The molecule has 0 aromatic heterocycles. The first kappa shape index (κ1) is 14.7. The maximum Gasteiger partial charge on any atom is 0.239 e. The summed E-state index contributed by atoms with van der Waals surface area (Å²) < 4.78 is 0. The average molecular weight is 248 g/mol. The summed E-state index contributed by atoms with van der Waals surface area (Å²) in [6.07, 6.45) is 0.859. The van der Waals surface area contributed by atoms with Crippen LogP contribution in [0, 0.1) is 6.92 Å². The number of hydrogen-bond acceptors (Lipinski definition) is 2. The van der Waals surface area contributed by atoms with Crippen molar-refractivity contribution in [2.24, 2.45) is 0 Å². The Bertz CT molecular complexity index is 413. The summed E-state index contributed by atoms with van der Waals surface area (Å²) in [4.78, 5) is 12.0. The number of rotatable bonds is 5. The maximum absolute atomic E-state index is 12.0. The van der Waals surface area contributed by atoms with Crippen molar-refractivity contribution >= 4 is 5.91 Å². The Hall–Kier alpha value is -1.35. The van der Waals surface area contributed by atoms with E-state index in [1.807, 2.05) is 32.9 Å². The topological polar surface area (TPSA) is 41.1 Å². The van der Waals surface area contributed by atoms with E-state index in [2.05, 4.69) is 29.7 Å². The van der Waals surface area contributed by atoms with Crippen LogP contribution in [0.3, 0.4) is 0 Å². The van der Waals surface area contributed by atoms with Gasteiger partial charge in [-0.1, -0.05) is 24.3 Å². The van der Waals surface area contributed by atoms with Gasteiger partial charge in [0.15, 0.2) is 0 Å². The van der Waals surface area contributed by atoms with E-state index in [0.717, 1.165) is 6.42 Å². The van der Waals surface area contributed by atoms with Crippen LogP contribution in [0.5, 0.6) is 0 Å². The molecule has 0 saturated carbocycles. The van der Waals surface area contributed by atoms with E-state index in [1.165, 1.54) is 11.1 Å². The summed E-state index contributed by atoms with van der Waals surface area (Å²) in [7, 11) is 1.80. The summed E-state index contributed by atoms with van der Waals surface area (Å²) in [5.74, 6) is 0.0334. The largest absolute Gasteiger partial charge is 0.352 e. The molecule has 1 unspecified atom stereocenters. The monoisotopic (exact) mass is 248 g/mol. The first-order chi connectivity index (χ1) is 8.36. The van der Waals surface area contributed by atoms with Crippen molar-refractivity contribution < 1.29 is 4.79 Å². The molecule has 0 radical (unpaired) electrons. The Kier molecular flexibility index (Phi) is 4.91. The number of likely N-dealkylation sites (N-methyl/N-ethyl adjacent to an activating group) is 1. The predicted molar refractivity (Wildman–Crippen MR) is 75.6 cm³/mol. The summed E-state index contributed by atoms with van der Waals surface area (Å²) in [6.45, 7) is 7.89.